The van der Waals surface area contributed by atoms with Crippen molar-refractivity contribution in [1.29, 1.82) is 0 Å². The van der Waals surface area contributed by atoms with Gasteiger partial charge in [-0.15, -0.1) is 6.58 Å². The fourth-order valence-electron chi connectivity index (χ4n) is 4.33. The predicted molar refractivity (Wildman–Crippen MR) is 155 cm³/mol. The summed E-state index contributed by atoms with van der Waals surface area (Å²) in [7, 11) is 0. The lowest BCUT2D eigenvalue weighted by atomic mass is 9.86. The van der Waals surface area contributed by atoms with E-state index in [1.807, 2.05) is 24.3 Å². The van der Waals surface area contributed by atoms with Crippen molar-refractivity contribution in [2.24, 2.45) is 5.92 Å². The predicted octanol–water partition coefficient (Wildman–Crippen LogP) is 7.32. The third-order valence-electron chi connectivity index (χ3n) is 6.47. The first-order valence-electron chi connectivity index (χ1n) is 13.8. The van der Waals surface area contributed by atoms with Crippen LogP contribution >= 0.6 is 0 Å². The normalized spacial score (nSPS) is 13.1. The summed E-state index contributed by atoms with van der Waals surface area (Å²) in [4.78, 5) is 27.0. The van der Waals surface area contributed by atoms with Gasteiger partial charge in [-0.1, -0.05) is 31.6 Å². The van der Waals surface area contributed by atoms with E-state index in [0.717, 1.165) is 18.4 Å². The molecule has 3 aromatic rings. The van der Waals surface area contributed by atoms with Crippen LogP contribution in [-0.2, 0) is 14.3 Å². The van der Waals surface area contributed by atoms with E-state index >= 15 is 0 Å². The Labute approximate surface area is 240 Å². The van der Waals surface area contributed by atoms with Gasteiger partial charge in [0.15, 0.2) is 5.78 Å². The van der Waals surface area contributed by atoms with Crippen LogP contribution in [-0.4, -0.2) is 37.7 Å². The lowest BCUT2D eigenvalue weighted by Gasteiger charge is -2.30. The smallest absolute Gasteiger partial charge is 0.311 e. The summed E-state index contributed by atoms with van der Waals surface area (Å²) in [6.45, 7) is 8.24. The molecule has 0 spiro atoms. The van der Waals surface area contributed by atoms with Crippen molar-refractivity contribution < 1.29 is 32.6 Å². The van der Waals surface area contributed by atoms with E-state index < -0.39 is 41.5 Å². The van der Waals surface area contributed by atoms with Crippen molar-refractivity contribution in [2.75, 3.05) is 25.1 Å². The van der Waals surface area contributed by atoms with Crippen molar-refractivity contribution in [2.45, 2.75) is 45.3 Å². The minimum atomic E-state index is -1.05. The Hall–Kier alpha value is -4.04. The molecule has 0 aliphatic rings. The van der Waals surface area contributed by atoms with Gasteiger partial charge in [-0.05, 0) is 86.0 Å². The Kier molecular flexibility index (Phi) is 12.5. The molecule has 1 N–H and O–H groups in total. The molecular weight excluding hydrogens is 528 g/mol. The molecule has 8 heteroatoms. The molecule has 41 heavy (non-hydrogen) atoms. The van der Waals surface area contributed by atoms with Crippen LogP contribution in [0.3, 0.4) is 0 Å². The van der Waals surface area contributed by atoms with Crippen molar-refractivity contribution in [3.8, 4) is 5.75 Å². The monoisotopic (exact) mass is 565 g/mol. The molecule has 0 aliphatic carbocycles. The van der Waals surface area contributed by atoms with Crippen LogP contribution in [0.25, 0.3) is 0 Å². The zero-order valence-corrected chi connectivity index (χ0v) is 23.5. The molecule has 3 aromatic carbocycles. The molecule has 2 unspecified atom stereocenters. The third kappa shape index (κ3) is 9.53. The van der Waals surface area contributed by atoms with Crippen LogP contribution < -0.4 is 10.1 Å². The van der Waals surface area contributed by atoms with Gasteiger partial charge in [-0.25, -0.2) is 8.78 Å². The molecule has 0 amide bonds. The average Bonchev–Trinajstić information content (AvgIpc) is 2.98. The Balaban J connectivity index is 2.01. The molecule has 0 aromatic heterocycles. The van der Waals surface area contributed by atoms with Gasteiger partial charge in [0.1, 0.15) is 23.5 Å². The summed E-state index contributed by atoms with van der Waals surface area (Å²) >= 11 is 0. The van der Waals surface area contributed by atoms with E-state index in [1.165, 1.54) is 42.5 Å². The number of Topliss-reactive ketones (excluding diaryl/α,β-unsaturated/α-hetero) is 1. The second-order valence-electron chi connectivity index (χ2n) is 9.48. The molecule has 0 radical (unpaired) electrons. The quantitative estimate of drug-likeness (QED) is 0.0800. The molecule has 0 fully saturated rings. The minimum Gasteiger partial charge on any atom is -0.494 e. The summed E-state index contributed by atoms with van der Waals surface area (Å²) in [6, 6.07) is 17.6. The van der Waals surface area contributed by atoms with E-state index in [9.17, 15) is 18.4 Å². The van der Waals surface area contributed by atoms with Gasteiger partial charge in [0.05, 0.1) is 31.8 Å². The lowest BCUT2D eigenvalue weighted by Crippen LogP contribution is -2.36. The summed E-state index contributed by atoms with van der Waals surface area (Å²) in [6.07, 6.45) is 2.35. The molecule has 6 nitrogen and oxygen atoms in total. The number of unbranched alkanes of at least 4 members (excludes halogenated alkanes) is 1. The maximum absolute atomic E-state index is 13.7. The van der Waals surface area contributed by atoms with E-state index in [4.69, 9.17) is 14.2 Å². The van der Waals surface area contributed by atoms with Gasteiger partial charge < -0.3 is 19.5 Å². The Morgan fingerprint density at radius 1 is 0.927 bits per heavy atom. The number of benzene rings is 3. The van der Waals surface area contributed by atoms with Crippen LogP contribution in [0.5, 0.6) is 5.75 Å². The fraction of sp³-hybridized carbons (Fsp3) is 0.333. The van der Waals surface area contributed by atoms with Gasteiger partial charge in [0, 0.05) is 11.3 Å². The summed E-state index contributed by atoms with van der Waals surface area (Å²) in [5, 5.41) is 3.34. The number of rotatable bonds is 17. The van der Waals surface area contributed by atoms with Crippen LogP contribution in [0.4, 0.5) is 14.5 Å². The highest BCUT2D eigenvalue weighted by molar-refractivity contribution is 5.99. The molecule has 0 aliphatic heterocycles. The van der Waals surface area contributed by atoms with Gasteiger partial charge in [-0.2, -0.15) is 0 Å². The van der Waals surface area contributed by atoms with Gasteiger partial charge in [-0.3, -0.25) is 9.59 Å². The molecule has 3 rings (SSSR count). The standard InChI is InChI=1S/C33H37F2NO5/c1-4-7-21-40-28-18-10-23(11-19-28)31(36-27-16-14-26(35)15-17-27)29(33(38)39-6-3)22-30(41-20-5-2)32(37)24-8-12-25(34)13-9-24/h5,8-19,29-31,36H,2,4,6-7,20-22H2,1,3H3/t29?,30?,31-/m0/s1. The molecule has 0 saturated heterocycles. The zero-order valence-electron chi connectivity index (χ0n) is 23.5. The van der Waals surface area contributed by atoms with Crippen molar-refractivity contribution in [3.05, 3.63) is 108 Å². The highest BCUT2D eigenvalue weighted by Crippen LogP contribution is 2.33. The number of ketones is 1. The second kappa shape index (κ2) is 16.3. The number of halogens is 2. The summed E-state index contributed by atoms with van der Waals surface area (Å²) in [5.41, 5.74) is 1.55. The van der Waals surface area contributed by atoms with Crippen LogP contribution in [0.15, 0.2) is 85.5 Å². The second-order valence-corrected chi connectivity index (χ2v) is 9.48. The van der Waals surface area contributed by atoms with Crippen molar-refractivity contribution in [1.82, 2.24) is 0 Å². The number of esters is 1. The Morgan fingerprint density at radius 2 is 1.56 bits per heavy atom. The first-order chi connectivity index (χ1) is 19.9. The van der Waals surface area contributed by atoms with Gasteiger partial charge >= 0.3 is 5.97 Å². The topological polar surface area (TPSA) is 73.9 Å². The highest BCUT2D eigenvalue weighted by Gasteiger charge is 2.36. The Morgan fingerprint density at radius 3 is 2.15 bits per heavy atom. The van der Waals surface area contributed by atoms with E-state index in [2.05, 4.69) is 18.8 Å². The van der Waals surface area contributed by atoms with Crippen molar-refractivity contribution in [3.63, 3.8) is 0 Å². The van der Waals surface area contributed by atoms with E-state index in [1.54, 1.807) is 19.1 Å². The molecule has 0 bridgehead atoms. The van der Waals surface area contributed by atoms with Crippen molar-refractivity contribution >= 4 is 17.4 Å². The number of carbonyl (C=O) groups is 2. The maximum Gasteiger partial charge on any atom is 0.311 e. The molecular formula is C33H37F2NO5. The minimum absolute atomic E-state index is 0.0451. The molecule has 0 saturated carbocycles. The number of hydrogen-bond donors (Lipinski definition) is 1. The number of nitrogens with one attached hydrogen (secondary N) is 1. The SMILES string of the molecule is C=CCOC(CC(C(=O)OCC)[C@@H](Nc1ccc(F)cc1)c1ccc(OCCCC)cc1)C(=O)c1ccc(F)cc1. The largest absolute Gasteiger partial charge is 0.494 e. The number of carbonyl (C=O) groups excluding carboxylic acids is 2. The Bertz CT molecular complexity index is 1250. The van der Waals surface area contributed by atoms with Gasteiger partial charge in [0.2, 0.25) is 0 Å². The molecule has 0 heterocycles. The summed E-state index contributed by atoms with van der Waals surface area (Å²) < 4.78 is 44.3. The van der Waals surface area contributed by atoms with Crippen LogP contribution in [0.1, 0.15) is 55.1 Å². The lowest BCUT2D eigenvalue weighted by molar-refractivity contribution is -0.149. The third-order valence-corrected chi connectivity index (χ3v) is 6.47. The van der Waals surface area contributed by atoms with Crippen LogP contribution in [0.2, 0.25) is 0 Å². The number of anilines is 1. The van der Waals surface area contributed by atoms with E-state index in [0.29, 0.717) is 18.0 Å². The molecule has 3 atom stereocenters. The zero-order chi connectivity index (χ0) is 29.6. The first kappa shape index (κ1) is 31.5. The average molecular weight is 566 g/mol. The number of ether oxygens (including phenoxy) is 3. The highest BCUT2D eigenvalue weighted by atomic mass is 19.1. The number of hydrogen-bond acceptors (Lipinski definition) is 6. The maximum atomic E-state index is 13.7. The fourth-order valence-corrected chi connectivity index (χ4v) is 4.33. The van der Waals surface area contributed by atoms with E-state index in [-0.39, 0.29) is 25.2 Å². The van der Waals surface area contributed by atoms with Crippen LogP contribution in [0, 0.1) is 17.6 Å². The molecule has 218 valence electrons. The first-order valence-corrected chi connectivity index (χ1v) is 13.8. The summed E-state index contributed by atoms with van der Waals surface area (Å²) in [5.74, 6) is -2.01. The van der Waals surface area contributed by atoms with Gasteiger partial charge in [0.25, 0.3) is 0 Å².